The number of aromatic nitrogens is 3. The van der Waals surface area contributed by atoms with Crippen molar-refractivity contribution in [2.75, 3.05) is 25.5 Å². The van der Waals surface area contributed by atoms with Gasteiger partial charge in [0.15, 0.2) is 11.6 Å². The molecule has 0 bridgehead atoms. The highest BCUT2D eigenvalue weighted by atomic mass is 35.5. The van der Waals surface area contributed by atoms with E-state index in [1.807, 2.05) is 11.8 Å². The van der Waals surface area contributed by atoms with E-state index in [1.165, 1.54) is 25.8 Å². The summed E-state index contributed by atoms with van der Waals surface area (Å²) >= 11 is 6.09. The van der Waals surface area contributed by atoms with Gasteiger partial charge in [-0.2, -0.15) is 5.10 Å². The van der Waals surface area contributed by atoms with Gasteiger partial charge in [0.1, 0.15) is 12.7 Å². The number of amides is 1. The van der Waals surface area contributed by atoms with Gasteiger partial charge in [0.25, 0.3) is 0 Å². The van der Waals surface area contributed by atoms with E-state index in [9.17, 15) is 9.18 Å². The van der Waals surface area contributed by atoms with Crippen molar-refractivity contribution in [1.29, 1.82) is 0 Å². The summed E-state index contributed by atoms with van der Waals surface area (Å²) in [5.74, 6) is -0.456. The molecule has 0 spiro atoms. The molecule has 2 aromatic carbocycles. The number of carbonyl (C=O) groups is 1. The standard InChI is InChI=1S/C20H21ClFN5O2/c1-3-26(10-14-4-7-19(29-2)16(22)8-14)11-20(28)25-17-9-15(21)5-6-18(17)27-13-23-12-24-27/h4-9,12-13H,3,10-11H2,1-2H3,(H,25,28). The molecule has 1 N–H and O–H groups in total. The van der Waals surface area contributed by atoms with Crippen LogP contribution in [0.5, 0.6) is 5.75 Å². The molecular weight excluding hydrogens is 397 g/mol. The molecule has 7 nitrogen and oxygen atoms in total. The van der Waals surface area contributed by atoms with E-state index in [-0.39, 0.29) is 18.2 Å². The van der Waals surface area contributed by atoms with Crippen molar-refractivity contribution in [3.63, 3.8) is 0 Å². The molecule has 9 heteroatoms. The van der Waals surface area contributed by atoms with Crippen LogP contribution >= 0.6 is 11.6 Å². The van der Waals surface area contributed by atoms with Gasteiger partial charge in [-0.25, -0.2) is 14.1 Å². The fraction of sp³-hybridized carbons (Fsp3) is 0.250. The van der Waals surface area contributed by atoms with Gasteiger partial charge in [-0.15, -0.1) is 0 Å². The lowest BCUT2D eigenvalue weighted by Gasteiger charge is -2.21. The maximum Gasteiger partial charge on any atom is 0.238 e. The molecule has 152 valence electrons. The first-order valence-electron chi connectivity index (χ1n) is 8.99. The first kappa shape index (κ1) is 20.8. The molecule has 0 unspecified atom stereocenters. The first-order valence-corrected chi connectivity index (χ1v) is 9.37. The Labute approximate surface area is 173 Å². The van der Waals surface area contributed by atoms with Crippen molar-refractivity contribution < 1.29 is 13.9 Å². The quantitative estimate of drug-likeness (QED) is 0.607. The summed E-state index contributed by atoms with van der Waals surface area (Å²) in [6, 6.07) is 9.90. The third-order valence-electron chi connectivity index (χ3n) is 4.34. The van der Waals surface area contributed by atoms with Crippen LogP contribution in [0.25, 0.3) is 5.69 Å². The lowest BCUT2D eigenvalue weighted by atomic mass is 10.2. The topological polar surface area (TPSA) is 72.3 Å². The molecule has 0 saturated carbocycles. The zero-order valence-electron chi connectivity index (χ0n) is 16.1. The van der Waals surface area contributed by atoms with Crippen LogP contribution in [0.2, 0.25) is 5.02 Å². The second kappa shape index (κ2) is 9.49. The number of likely N-dealkylation sites (N-methyl/N-ethyl adjacent to an activating group) is 1. The first-order chi connectivity index (χ1) is 14.0. The summed E-state index contributed by atoms with van der Waals surface area (Å²) in [5, 5.41) is 7.46. The number of nitrogens with one attached hydrogen (secondary N) is 1. The van der Waals surface area contributed by atoms with Crippen LogP contribution in [-0.4, -0.2) is 45.8 Å². The van der Waals surface area contributed by atoms with E-state index in [0.29, 0.717) is 29.5 Å². The molecule has 0 fully saturated rings. The van der Waals surface area contributed by atoms with Crippen LogP contribution < -0.4 is 10.1 Å². The molecule has 3 aromatic rings. The third-order valence-corrected chi connectivity index (χ3v) is 4.57. The summed E-state index contributed by atoms with van der Waals surface area (Å²) in [4.78, 5) is 18.5. The molecule has 29 heavy (non-hydrogen) atoms. The Balaban J connectivity index is 1.69. The van der Waals surface area contributed by atoms with Gasteiger partial charge in [-0.05, 0) is 42.4 Å². The van der Waals surface area contributed by atoms with Crippen LogP contribution in [0.1, 0.15) is 12.5 Å². The zero-order chi connectivity index (χ0) is 20.8. The Morgan fingerprint density at radius 3 is 2.79 bits per heavy atom. The normalized spacial score (nSPS) is 10.9. The molecule has 1 amide bonds. The monoisotopic (exact) mass is 417 g/mol. The Hall–Kier alpha value is -2.97. The van der Waals surface area contributed by atoms with Crippen LogP contribution in [0.4, 0.5) is 10.1 Å². The fourth-order valence-corrected chi connectivity index (χ4v) is 3.05. The average Bonchev–Trinajstić information content (AvgIpc) is 3.22. The Kier molecular flexibility index (Phi) is 6.79. The van der Waals surface area contributed by atoms with Crippen molar-refractivity contribution in [3.8, 4) is 11.4 Å². The van der Waals surface area contributed by atoms with Crippen LogP contribution in [-0.2, 0) is 11.3 Å². The van der Waals surface area contributed by atoms with Crippen molar-refractivity contribution in [3.05, 3.63) is 65.5 Å². The van der Waals surface area contributed by atoms with Gasteiger partial charge in [-0.1, -0.05) is 24.6 Å². The molecule has 3 rings (SSSR count). The highest BCUT2D eigenvalue weighted by Crippen LogP contribution is 2.24. The minimum Gasteiger partial charge on any atom is -0.494 e. The molecule has 0 radical (unpaired) electrons. The van der Waals surface area contributed by atoms with E-state index in [1.54, 1.807) is 35.0 Å². The lowest BCUT2D eigenvalue weighted by Crippen LogP contribution is -2.33. The summed E-state index contributed by atoms with van der Waals surface area (Å²) in [6.07, 6.45) is 2.95. The van der Waals surface area contributed by atoms with Crippen LogP contribution in [0.15, 0.2) is 49.1 Å². The Morgan fingerprint density at radius 1 is 1.31 bits per heavy atom. The van der Waals surface area contributed by atoms with E-state index < -0.39 is 5.82 Å². The van der Waals surface area contributed by atoms with Crippen molar-refractivity contribution >= 4 is 23.2 Å². The molecule has 0 aliphatic rings. The fourth-order valence-electron chi connectivity index (χ4n) is 2.88. The number of halogens is 2. The lowest BCUT2D eigenvalue weighted by molar-refractivity contribution is -0.117. The SMILES string of the molecule is CCN(CC(=O)Nc1cc(Cl)ccc1-n1cncn1)Cc1ccc(OC)c(F)c1. The summed E-state index contributed by atoms with van der Waals surface area (Å²) < 4.78 is 20.4. The zero-order valence-corrected chi connectivity index (χ0v) is 16.9. The van der Waals surface area contributed by atoms with E-state index in [0.717, 1.165) is 5.56 Å². The number of carbonyl (C=O) groups excluding carboxylic acids is 1. The largest absolute Gasteiger partial charge is 0.494 e. The maximum atomic E-state index is 13.9. The molecule has 1 aromatic heterocycles. The van der Waals surface area contributed by atoms with Crippen molar-refractivity contribution in [2.24, 2.45) is 0 Å². The second-order valence-corrected chi connectivity index (χ2v) is 6.76. The Morgan fingerprint density at radius 2 is 2.14 bits per heavy atom. The van der Waals surface area contributed by atoms with E-state index in [4.69, 9.17) is 16.3 Å². The number of anilines is 1. The second-order valence-electron chi connectivity index (χ2n) is 6.32. The number of benzene rings is 2. The molecular formula is C20H21ClFN5O2. The third kappa shape index (κ3) is 5.30. The smallest absolute Gasteiger partial charge is 0.238 e. The molecule has 0 aliphatic heterocycles. The number of hydrogen-bond acceptors (Lipinski definition) is 5. The van der Waals surface area contributed by atoms with Gasteiger partial charge in [-0.3, -0.25) is 9.69 Å². The van der Waals surface area contributed by atoms with Gasteiger partial charge in [0, 0.05) is 11.6 Å². The Bertz CT molecular complexity index is 981. The van der Waals surface area contributed by atoms with Gasteiger partial charge in [0.2, 0.25) is 5.91 Å². The van der Waals surface area contributed by atoms with E-state index in [2.05, 4.69) is 15.4 Å². The highest BCUT2D eigenvalue weighted by Gasteiger charge is 2.14. The van der Waals surface area contributed by atoms with Crippen molar-refractivity contribution in [1.82, 2.24) is 19.7 Å². The molecule has 1 heterocycles. The van der Waals surface area contributed by atoms with Crippen molar-refractivity contribution in [2.45, 2.75) is 13.5 Å². The maximum absolute atomic E-state index is 13.9. The number of hydrogen-bond donors (Lipinski definition) is 1. The number of rotatable bonds is 8. The van der Waals surface area contributed by atoms with E-state index >= 15 is 0 Å². The van der Waals surface area contributed by atoms with Crippen LogP contribution in [0, 0.1) is 5.82 Å². The van der Waals surface area contributed by atoms with Gasteiger partial charge in [0.05, 0.1) is 25.0 Å². The summed E-state index contributed by atoms with van der Waals surface area (Å²) in [6.45, 7) is 3.11. The van der Waals surface area contributed by atoms with Gasteiger partial charge < -0.3 is 10.1 Å². The summed E-state index contributed by atoms with van der Waals surface area (Å²) in [5.41, 5.74) is 1.93. The van der Waals surface area contributed by atoms with Crippen LogP contribution in [0.3, 0.4) is 0 Å². The van der Waals surface area contributed by atoms with Gasteiger partial charge >= 0.3 is 0 Å². The summed E-state index contributed by atoms with van der Waals surface area (Å²) in [7, 11) is 1.42. The number of methoxy groups -OCH3 is 1. The minimum atomic E-state index is -0.429. The minimum absolute atomic E-state index is 0.132. The predicted octanol–water partition coefficient (Wildman–Crippen LogP) is 3.53. The number of ether oxygens (including phenoxy) is 1. The molecule has 0 saturated heterocycles. The average molecular weight is 418 g/mol. The highest BCUT2D eigenvalue weighted by molar-refractivity contribution is 6.31. The molecule has 0 aliphatic carbocycles. The number of nitrogens with zero attached hydrogens (tertiary/aromatic N) is 4. The predicted molar refractivity (Wildman–Crippen MR) is 109 cm³/mol. The molecule has 0 atom stereocenters.